The Kier molecular flexibility index (Phi) is 3.82. The van der Waals surface area contributed by atoms with Crippen LogP contribution >= 0.6 is 0 Å². The number of aryl methyl sites for hydroxylation is 2. The van der Waals surface area contributed by atoms with Crippen molar-refractivity contribution in [1.29, 1.82) is 0 Å². The largest absolute Gasteiger partial charge is 0.327 e. The minimum absolute atomic E-state index is 0.334. The van der Waals surface area contributed by atoms with Gasteiger partial charge in [-0.15, -0.1) is 0 Å². The molecule has 0 fully saturated rings. The van der Waals surface area contributed by atoms with Crippen LogP contribution in [0.1, 0.15) is 42.9 Å². The van der Waals surface area contributed by atoms with E-state index < -0.39 is 0 Å². The highest BCUT2D eigenvalue weighted by Gasteiger charge is 2.18. The van der Waals surface area contributed by atoms with Crippen molar-refractivity contribution in [3.63, 3.8) is 0 Å². The van der Waals surface area contributed by atoms with Gasteiger partial charge in [0.2, 0.25) is 0 Å². The Morgan fingerprint density at radius 1 is 0.957 bits per heavy atom. The first-order valence-electron chi connectivity index (χ1n) is 8.98. The highest BCUT2D eigenvalue weighted by atomic mass is 14.6. The molecule has 0 radical (unpaired) electrons. The van der Waals surface area contributed by atoms with Crippen LogP contribution in [-0.2, 0) is 19.3 Å². The minimum atomic E-state index is 0.334. The maximum atomic E-state index is 6.15. The quantitative estimate of drug-likeness (QED) is 0.665. The molecule has 0 aromatic heterocycles. The van der Waals surface area contributed by atoms with Crippen molar-refractivity contribution < 1.29 is 0 Å². The van der Waals surface area contributed by atoms with E-state index in [1.54, 1.807) is 0 Å². The van der Waals surface area contributed by atoms with E-state index in [1.165, 1.54) is 57.5 Å². The van der Waals surface area contributed by atoms with Gasteiger partial charge in [0.25, 0.3) is 0 Å². The molecule has 23 heavy (non-hydrogen) atoms. The Morgan fingerprint density at radius 3 is 2.61 bits per heavy atom. The Bertz CT molecular complexity index is 863. The lowest BCUT2D eigenvalue weighted by molar-refractivity contribution is 0.579. The molecular weight excluding hydrogens is 278 g/mol. The molecule has 3 aromatic rings. The number of benzene rings is 3. The zero-order valence-corrected chi connectivity index (χ0v) is 13.9. The van der Waals surface area contributed by atoms with Crippen LogP contribution in [0, 0.1) is 0 Å². The predicted octanol–water partition coefficient (Wildman–Crippen LogP) is 5.15. The third-order valence-corrected chi connectivity index (χ3v) is 5.40. The Labute approximate surface area is 138 Å². The maximum absolute atomic E-state index is 6.15. The van der Waals surface area contributed by atoms with Gasteiger partial charge in [-0.05, 0) is 70.3 Å². The molecule has 1 aliphatic rings. The summed E-state index contributed by atoms with van der Waals surface area (Å²) >= 11 is 0. The van der Waals surface area contributed by atoms with Crippen LogP contribution < -0.4 is 5.73 Å². The number of unbranched alkanes of at least 4 members (excludes halogenated alkanes) is 1. The van der Waals surface area contributed by atoms with Crippen LogP contribution in [-0.4, -0.2) is 6.04 Å². The van der Waals surface area contributed by atoms with Crippen LogP contribution in [0.2, 0.25) is 0 Å². The molecule has 0 heterocycles. The Morgan fingerprint density at radius 2 is 1.74 bits per heavy atom. The molecule has 1 atom stereocenters. The topological polar surface area (TPSA) is 26.0 Å². The summed E-state index contributed by atoms with van der Waals surface area (Å²) in [5.41, 5.74) is 10.6. The Balaban J connectivity index is 1.92. The fraction of sp³-hybridized carbons (Fsp3) is 0.364. The van der Waals surface area contributed by atoms with Gasteiger partial charge in [-0.25, -0.2) is 0 Å². The van der Waals surface area contributed by atoms with Crippen LogP contribution in [0.5, 0.6) is 0 Å². The van der Waals surface area contributed by atoms with Gasteiger partial charge in [-0.3, -0.25) is 0 Å². The summed E-state index contributed by atoms with van der Waals surface area (Å²) in [6.45, 7) is 2.26. The molecule has 0 saturated carbocycles. The summed E-state index contributed by atoms with van der Waals surface area (Å²) in [7, 11) is 0. The second kappa shape index (κ2) is 5.98. The molecular formula is C22H25N. The van der Waals surface area contributed by atoms with Crippen LogP contribution in [0.25, 0.3) is 21.5 Å². The van der Waals surface area contributed by atoms with Crippen molar-refractivity contribution in [3.8, 4) is 0 Å². The second-order valence-corrected chi connectivity index (χ2v) is 6.98. The maximum Gasteiger partial charge on any atom is 0.00825 e. The molecule has 3 aromatic carbocycles. The first kappa shape index (κ1) is 14.7. The SMILES string of the molecule is CCCCc1cccc2c1ccc1c3c(ccc12)CC(N)CC3. The van der Waals surface area contributed by atoms with Gasteiger partial charge < -0.3 is 5.73 Å². The van der Waals surface area contributed by atoms with Crippen molar-refractivity contribution in [1.82, 2.24) is 0 Å². The van der Waals surface area contributed by atoms with Gasteiger partial charge in [-0.2, -0.15) is 0 Å². The van der Waals surface area contributed by atoms with Gasteiger partial charge in [0, 0.05) is 6.04 Å². The fourth-order valence-corrected chi connectivity index (χ4v) is 4.13. The molecule has 1 nitrogen and oxygen atoms in total. The number of hydrogen-bond acceptors (Lipinski definition) is 1. The van der Waals surface area contributed by atoms with E-state index in [1.807, 2.05) is 0 Å². The smallest absolute Gasteiger partial charge is 0.00825 e. The normalized spacial score (nSPS) is 17.6. The van der Waals surface area contributed by atoms with Crippen molar-refractivity contribution in [2.45, 2.75) is 51.5 Å². The third-order valence-electron chi connectivity index (χ3n) is 5.40. The molecule has 1 heteroatoms. The summed E-state index contributed by atoms with van der Waals surface area (Å²) in [6, 6.07) is 16.5. The standard InChI is InChI=1S/C22H25N/c1-2-3-5-15-6-4-7-20-18(15)12-13-21-19-11-9-17(23)14-16(19)8-10-22(20)21/h4,6-8,10,12-13,17H,2-3,5,9,11,14,23H2,1H3. The molecule has 4 rings (SSSR count). The second-order valence-electron chi connectivity index (χ2n) is 6.98. The van der Waals surface area contributed by atoms with Crippen LogP contribution in [0.4, 0.5) is 0 Å². The first-order chi connectivity index (χ1) is 11.3. The van der Waals surface area contributed by atoms with Crippen LogP contribution in [0.15, 0.2) is 42.5 Å². The molecule has 0 spiro atoms. The van der Waals surface area contributed by atoms with Gasteiger partial charge in [0.1, 0.15) is 0 Å². The molecule has 0 aliphatic heterocycles. The molecule has 1 unspecified atom stereocenters. The monoisotopic (exact) mass is 303 g/mol. The molecule has 0 saturated heterocycles. The predicted molar refractivity (Wildman–Crippen MR) is 100 cm³/mol. The molecule has 0 amide bonds. The summed E-state index contributed by atoms with van der Waals surface area (Å²) in [4.78, 5) is 0. The van der Waals surface area contributed by atoms with E-state index in [9.17, 15) is 0 Å². The van der Waals surface area contributed by atoms with Crippen molar-refractivity contribution in [2.24, 2.45) is 5.73 Å². The number of rotatable bonds is 3. The van der Waals surface area contributed by atoms with E-state index in [0.717, 1.165) is 19.3 Å². The van der Waals surface area contributed by atoms with Gasteiger partial charge in [0.05, 0.1) is 0 Å². The van der Waals surface area contributed by atoms with Crippen molar-refractivity contribution in [2.75, 3.05) is 0 Å². The summed E-state index contributed by atoms with van der Waals surface area (Å²) in [5.74, 6) is 0. The lowest BCUT2D eigenvalue weighted by Crippen LogP contribution is -2.27. The minimum Gasteiger partial charge on any atom is -0.327 e. The third kappa shape index (κ3) is 2.53. The molecule has 1 aliphatic carbocycles. The molecule has 118 valence electrons. The molecule has 0 bridgehead atoms. The average molecular weight is 303 g/mol. The van der Waals surface area contributed by atoms with E-state index in [2.05, 4.69) is 49.4 Å². The van der Waals surface area contributed by atoms with Crippen molar-refractivity contribution >= 4 is 21.5 Å². The van der Waals surface area contributed by atoms with Crippen molar-refractivity contribution in [3.05, 3.63) is 59.2 Å². The first-order valence-corrected chi connectivity index (χ1v) is 8.98. The number of hydrogen-bond donors (Lipinski definition) is 1. The highest BCUT2D eigenvalue weighted by Crippen LogP contribution is 2.34. The highest BCUT2D eigenvalue weighted by molar-refractivity contribution is 6.09. The number of fused-ring (bicyclic) bond motifs is 5. The van der Waals surface area contributed by atoms with Gasteiger partial charge in [0.15, 0.2) is 0 Å². The van der Waals surface area contributed by atoms with E-state index in [-0.39, 0.29) is 0 Å². The lowest BCUT2D eigenvalue weighted by atomic mass is 9.84. The van der Waals surface area contributed by atoms with Gasteiger partial charge in [-0.1, -0.05) is 55.8 Å². The zero-order valence-electron chi connectivity index (χ0n) is 13.9. The van der Waals surface area contributed by atoms with E-state index in [4.69, 9.17) is 5.73 Å². The lowest BCUT2D eigenvalue weighted by Gasteiger charge is -2.23. The van der Waals surface area contributed by atoms with Crippen LogP contribution in [0.3, 0.4) is 0 Å². The zero-order chi connectivity index (χ0) is 15.8. The fourth-order valence-electron chi connectivity index (χ4n) is 4.13. The summed E-state index contributed by atoms with van der Waals surface area (Å²) < 4.78 is 0. The average Bonchev–Trinajstić information content (AvgIpc) is 2.58. The molecule has 2 N–H and O–H groups in total. The summed E-state index contributed by atoms with van der Waals surface area (Å²) in [5, 5.41) is 5.69. The Hall–Kier alpha value is -1.86. The number of nitrogens with two attached hydrogens (primary N) is 1. The van der Waals surface area contributed by atoms with E-state index in [0.29, 0.717) is 6.04 Å². The summed E-state index contributed by atoms with van der Waals surface area (Å²) in [6.07, 6.45) is 6.95. The van der Waals surface area contributed by atoms with Gasteiger partial charge >= 0.3 is 0 Å². The van der Waals surface area contributed by atoms with E-state index >= 15 is 0 Å².